The predicted octanol–water partition coefficient (Wildman–Crippen LogP) is 4.78. The van der Waals surface area contributed by atoms with Gasteiger partial charge >= 0.3 is 5.97 Å². The van der Waals surface area contributed by atoms with Crippen LogP contribution in [-0.4, -0.2) is 12.6 Å². The second-order valence-electron chi connectivity index (χ2n) is 6.18. The van der Waals surface area contributed by atoms with Gasteiger partial charge in [-0.1, -0.05) is 54.6 Å². The Balaban J connectivity index is 1.96. The lowest BCUT2D eigenvalue weighted by Crippen LogP contribution is -2.26. The highest BCUT2D eigenvalue weighted by molar-refractivity contribution is 5.91. The number of ether oxygens (including phenoxy) is 2. The molecular weight excluding hydrogens is 326 g/mol. The molecule has 1 heterocycles. The summed E-state index contributed by atoms with van der Waals surface area (Å²) in [5.41, 5.74) is 1.66. The van der Waals surface area contributed by atoms with Crippen molar-refractivity contribution < 1.29 is 14.3 Å². The number of rotatable bonds is 3. The molecule has 0 bridgehead atoms. The van der Waals surface area contributed by atoms with Gasteiger partial charge in [0.05, 0.1) is 12.7 Å². The first-order chi connectivity index (χ1) is 12.7. The van der Waals surface area contributed by atoms with Gasteiger partial charge < -0.3 is 9.47 Å². The lowest BCUT2D eigenvalue weighted by molar-refractivity contribution is -0.146. The summed E-state index contributed by atoms with van der Waals surface area (Å²) < 4.78 is 11.4. The first kappa shape index (κ1) is 16.2. The fraction of sp³-hybridized carbons (Fsp3) is 0.182. The van der Waals surface area contributed by atoms with Crippen LogP contribution in [-0.2, 0) is 9.53 Å². The second-order valence-corrected chi connectivity index (χ2v) is 6.18. The molecule has 2 atom stereocenters. The van der Waals surface area contributed by atoms with E-state index in [9.17, 15) is 10.1 Å². The fourth-order valence-corrected chi connectivity index (χ4v) is 3.58. The van der Waals surface area contributed by atoms with E-state index in [4.69, 9.17) is 9.47 Å². The topological polar surface area (TPSA) is 59.3 Å². The largest absolute Gasteiger partial charge is 0.465 e. The van der Waals surface area contributed by atoms with Crippen molar-refractivity contribution in [1.82, 2.24) is 0 Å². The number of nitrogens with zero attached hydrogens (tertiary/aromatic N) is 1. The molecular formula is C22H17NO3. The number of fused-ring (bicyclic) bond motifs is 4. The number of para-hydroxylation sites is 1. The fourth-order valence-electron chi connectivity index (χ4n) is 3.58. The van der Waals surface area contributed by atoms with Crippen LogP contribution in [0.5, 0.6) is 11.5 Å². The van der Waals surface area contributed by atoms with Gasteiger partial charge in [-0.05, 0) is 18.4 Å². The maximum Gasteiger partial charge on any atom is 0.324 e. The van der Waals surface area contributed by atoms with Crippen LogP contribution in [0.15, 0.2) is 60.7 Å². The van der Waals surface area contributed by atoms with Crippen molar-refractivity contribution in [3.05, 3.63) is 71.8 Å². The van der Waals surface area contributed by atoms with Crippen molar-refractivity contribution >= 4 is 16.7 Å². The molecule has 0 aromatic heterocycles. The predicted molar refractivity (Wildman–Crippen MR) is 98.0 cm³/mol. The third kappa shape index (κ3) is 2.49. The van der Waals surface area contributed by atoms with Crippen molar-refractivity contribution in [1.29, 1.82) is 5.26 Å². The molecule has 2 unspecified atom stereocenters. The van der Waals surface area contributed by atoms with Crippen molar-refractivity contribution in [2.24, 2.45) is 5.92 Å². The normalized spacial score (nSPS) is 15.9. The average Bonchev–Trinajstić information content (AvgIpc) is 2.68. The summed E-state index contributed by atoms with van der Waals surface area (Å²) in [4.78, 5) is 12.5. The molecule has 0 N–H and O–H groups in total. The third-order valence-corrected chi connectivity index (χ3v) is 4.72. The SMILES string of the molecule is CCOC(=O)C(C#N)C1c2ccccc2Oc2c1ccc1ccccc21. The van der Waals surface area contributed by atoms with Gasteiger partial charge in [0.25, 0.3) is 0 Å². The smallest absolute Gasteiger partial charge is 0.324 e. The van der Waals surface area contributed by atoms with E-state index in [1.807, 2.05) is 60.7 Å². The summed E-state index contributed by atoms with van der Waals surface area (Å²) in [6, 6.07) is 21.6. The zero-order valence-electron chi connectivity index (χ0n) is 14.3. The van der Waals surface area contributed by atoms with Crippen LogP contribution in [0, 0.1) is 17.2 Å². The Morgan fingerprint density at radius 1 is 1.12 bits per heavy atom. The van der Waals surface area contributed by atoms with E-state index >= 15 is 0 Å². The molecule has 4 heteroatoms. The standard InChI is InChI=1S/C22H17NO3/c1-2-25-22(24)18(13-23)20-16-9-5-6-10-19(16)26-21-15-8-4-3-7-14(15)11-12-17(20)21/h3-12,18,20H,2H2,1H3. The van der Waals surface area contributed by atoms with E-state index in [1.165, 1.54) is 0 Å². The van der Waals surface area contributed by atoms with Crippen molar-refractivity contribution in [2.75, 3.05) is 6.61 Å². The Morgan fingerprint density at radius 2 is 1.88 bits per heavy atom. The molecule has 1 aliphatic rings. The van der Waals surface area contributed by atoms with Gasteiger partial charge in [-0.25, -0.2) is 0 Å². The first-order valence-corrected chi connectivity index (χ1v) is 8.59. The van der Waals surface area contributed by atoms with E-state index in [2.05, 4.69) is 6.07 Å². The molecule has 0 amide bonds. The van der Waals surface area contributed by atoms with E-state index < -0.39 is 17.8 Å². The van der Waals surface area contributed by atoms with E-state index in [1.54, 1.807) is 6.92 Å². The Morgan fingerprint density at radius 3 is 2.69 bits per heavy atom. The van der Waals surface area contributed by atoms with Crippen LogP contribution in [0.3, 0.4) is 0 Å². The number of esters is 1. The molecule has 3 aromatic rings. The molecule has 4 rings (SSSR count). The molecule has 1 aliphatic heterocycles. The van der Waals surface area contributed by atoms with Crippen LogP contribution in [0.25, 0.3) is 10.8 Å². The third-order valence-electron chi connectivity index (χ3n) is 4.72. The summed E-state index contributed by atoms with van der Waals surface area (Å²) in [6.07, 6.45) is 0. The number of carbonyl (C=O) groups is 1. The maximum absolute atomic E-state index is 12.5. The van der Waals surface area contributed by atoms with E-state index in [-0.39, 0.29) is 6.61 Å². The summed E-state index contributed by atoms with van der Waals surface area (Å²) in [5, 5.41) is 11.8. The number of benzene rings is 3. The molecule has 0 saturated heterocycles. The van der Waals surface area contributed by atoms with Crippen LogP contribution < -0.4 is 4.74 Å². The maximum atomic E-state index is 12.5. The minimum atomic E-state index is -0.931. The highest BCUT2D eigenvalue weighted by atomic mass is 16.5. The van der Waals surface area contributed by atoms with Gasteiger partial charge in [0, 0.05) is 22.4 Å². The molecule has 128 valence electrons. The first-order valence-electron chi connectivity index (χ1n) is 8.59. The van der Waals surface area contributed by atoms with Crippen molar-refractivity contribution in [3.8, 4) is 17.6 Å². The Hall–Kier alpha value is -3.32. The van der Waals surface area contributed by atoms with Crippen LogP contribution >= 0.6 is 0 Å². The highest BCUT2D eigenvalue weighted by Crippen LogP contribution is 2.50. The molecule has 26 heavy (non-hydrogen) atoms. The summed E-state index contributed by atoms with van der Waals surface area (Å²) in [5.74, 6) is -0.485. The van der Waals surface area contributed by atoms with Crippen LogP contribution in [0.1, 0.15) is 24.0 Å². The minimum absolute atomic E-state index is 0.243. The molecule has 3 aromatic carbocycles. The Kier molecular flexibility index (Phi) is 4.06. The van der Waals surface area contributed by atoms with E-state index in [0.717, 1.165) is 21.9 Å². The lowest BCUT2D eigenvalue weighted by atomic mass is 9.78. The van der Waals surface area contributed by atoms with Crippen LogP contribution in [0.2, 0.25) is 0 Å². The van der Waals surface area contributed by atoms with Gasteiger partial charge in [0.15, 0.2) is 5.92 Å². The van der Waals surface area contributed by atoms with Gasteiger partial charge in [-0.2, -0.15) is 5.26 Å². The average molecular weight is 343 g/mol. The number of hydrogen-bond acceptors (Lipinski definition) is 4. The monoisotopic (exact) mass is 343 g/mol. The molecule has 0 aliphatic carbocycles. The van der Waals surface area contributed by atoms with Crippen molar-refractivity contribution in [3.63, 3.8) is 0 Å². The number of hydrogen-bond donors (Lipinski definition) is 0. The molecule has 4 nitrogen and oxygen atoms in total. The summed E-state index contributed by atoms with van der Waals surface area (Å²) in [6.45, 7) is 1.98. The second kappa shape index (κ2) is 6.53. The van der Waals surface area contributed by atoms with E-state index in [0.29, 0.717) is 11.5 Å². The molecule has 0 radical (unpaired) electrons. The zero-order chi connectivity index (χ0) is 18.1. The van der Waals surface area contributed by atoms with Gasteiger partial charge in [-0.3, -0.25) is 4.79 Å². The Bertz CT molecular complexity index is 1030. The molecule has 0 saturated carbocycles. The highest BCUT2D eigenvalue weighted by Gasteiger charge is 2.38. The van der Waals surface area contributed by atoms with Crippen molar-refractivity contribution in [2.45, 2.75) is 12.8 Å². The number of nitriles is 1. The number of carbonyl (C=O) groups excluding carboxylic acids is 1. The van der Waals surface area contributed by atoms with Gasteiger partial charge in [-0.15, -0.1) is 0 Å². The van der Waals surface area contributed by atoms with Gasteiger partial charge in [0.1, 0.15) is 11.5 Å². The minimum Gasteiger partial charge on any atom is -0.465 e. The summed E-state index contributed by atoms with van der Waals surface area (Å²) in [7, 11) is 0. The zero-order valence-corrected chi connectivity index (χ0v) is 14.3. The summed E-state index contributed by atoms with van der Waals surface area (Å²) >= 11 is 0. The van der Waals surface area contributed by atoms with Crippen LogP contribution in [0.4, 0.5) is 0 Å². The molecule has 0 fully saturated rings. The van der Waals surface area contributed by atoms with Gasteiger partial charge in [0.2, 0.25) is 0 Å². The quantitative estimate of drug-likeness (QED) is 0.642. The molecule has 0 spiro atoms. The lowest BCUT2D eigenvalue weighted by Gasteiger charge is -2.30. The Labute approximate surface area is 151 Å².